The van der Waals surface area contributed by atoms with E-state index in [1.807, 2.05) is 12.1 Å². The van der Waals surface area contributed by atoms with Gasteiger partial charge in [0.25, 0.3) is 5.91 Å². The number of benzene rings is 1. The predicted octanol–water partition coefficient (Wildman–Crippen LogP) is 2.85. The van der Waals surface area contributed by atoms with E-state index in [2.05, 4.69) is 51.1 Å². The van der Waals surface area contributed by atoms with Crippen molar-refractivity contribution in [3.8, 4) is 0 Å². The molecule has 122 valence electrons. The molecule has 0 bridgehead atoms. The molecule has 0 saturated heterocycles. The van der Waals surface area contributed by atoms with Gasteiger partial charge in [0.15, 0.2) is 11.3 Å². The minimum absolute atomic E-state index is 0.120. The maximum Gasteiger partial charge on any atom is 0.292 e. The smallest absolute Gasteiger partial charge is 0.285 e. The van der Waals surface area contributed by atoms with Crippen molar-refractivity contribution >= 4 is 33.2 Å². The first kappa shape index (κ1) is 15.1. The first-order valence-corrected chi connectivity index (χ1v) is 8.48. The van der Waals surface area contributed by atoms with Crippen LogP contribution in [0, 0.1) is 6.92 Å². The van der Waals surface area contributed by atoms with E-state index in [0.717, 1.165) is 16.6 Å². The van der Waals surface area contributed by atoms with Gasteiger partial charge in [0, 0.05) is 32.1 Å². The third kappa shape index (κ3) is 2.45. The monoisotopic (exact) mass is 385 g/mol. The minimum atomic E-state index is -0.120. The SMILES string of the molecule is Cc1ccc2c(c1)CCN(C(=O)c1cc3ncc(Br)cn3n1)N2C. The Labute approximate surface area is 147 Å². The van der Waals surface area contributed by atoms with E-state index in [4.69, 9.17) is 0 Å². The van der Waals surface area contributed by atoms with Crippen LogP contribution in [-0.4, -0.2) is 39.1 Å². The lowest BCUT2D eigenvalue weighted by Crippen LogP contribution is -2.48. The maximum atomic E-state index is 12.9. The number of fused-ring (bicyclic) bond motifs is 2. The molecule has 4 rings (SSSR count). The first-order chi connectivity index (χ1) is 11.5. The number of aryl methyl sites for hydroxylation is 1. The highest BCUT2D eigenvalue weighted by Crippen LogP contribution is 2.28. The third-order valence-electron chi connectivity index (χ3n) is 4.27. The standard InChI is InChI=1S/C17H16BrN5O/c1-11-3-4-15-12(7-11)5-6-23(21(15)2)17(24)14-8-16-19-9-13(18)10-22(16)20-14/h3-4,7-10H,5-6H2,1-2H3. The van der Waals surface area contributed by atoms with Crippen LogP contribution < -0.4 is 5.01 Å². The van der Waals surface area contributed by atoms with E-state index in [1.54, 1.807) is 28.0 Å². The second-order valence-corrected chi connectivity index (χ2v) is 6.85. The van der Waals surface area contributed by atoms with E-state index in [0.29, 0.717) is 17.9 Å². The van der Waals surface area contributed by atoms with Gasteiger partial charge in [0.1, 0.15) is 0 Å². The highest BCUT2D eigenvalue weighted by Gasteiger charge is 2.28. The molecular formula is C17H16BrN5O. The first-order valence-electron chi connectivity index (χ1n) is 7.69. The van der Waals surface area contributed by atoms with Crippen LogP contribution in [0.4, 0.5) is 5.69 Å². The molecule has 0 atom stereocenters. The Bertz CT molecular complexity index is 951. The lowest BCUT2D eigenvalue weighted by Gasteiger charge is -2.38. The molecule has 0 fully saturated rings. The van der Waals surface area contributed by atoms with Crippen LogP contribution in [0.25, 0.3) is 5.65 Å². The van der Waals surface area contributed by atoms with Gasteiger partial charge in [-0.25, -0.2) is 14.5 Å². The summed E-state index contributed by atoms with van der Waals surface area (Å²) in [5.41, 5.74) is 4.60. The van der Waals surface area contributed by atoms with Gasteiger partial charge in [0.05, 0.1) is 10.2 Å². The van der Waals surface area contributed by atoms with Crippen molar-refractivity contribution in [3.05, 3.63) is 58.0 Å². The van der Waals surface area contributed by atoms with Gasteiger partial charge in [-0.3, -0.25) is 9.80 Å². The van der Waals surface area contributed by atoms with Crippen LogP contribution in [-0.2, 0) is 6.42 Å². The summed E-state index contributed by atoms with van der Waals surface area (Å²) < 4.78 is 2.43. The molecule has 0 saturated carbocycles. The number of halogens is 1. The van der Waals surface area contributed by atoms with Crippen LogP contribution in [0.1, 0.15) is 21.6 Å². The second kappa shape index (κ2) is 5.59. The molecule has 3 aromatic rings. The van der Waals surface area contributed by atoms with Crippen LogP contribution >= 0.6 is 15.9 Å². The van der Waals surface area contributed by atoms with Crippen molar-refractivity contribution in [3.63, 3.8) is 0 Å². The fraction of sp³-hybridized carbons (Fsp3) is 0.235. The summed E-state index contributed by atoms with van der Waals surface area (Å²) in [6.45, 7) is 2.72. The normalized spacial score (nSPS) is 14.1. The summed E-state index contributed by atoms with van der Waals surface area (Å²) in [6, 6.07) is 8.02. The van der Waals surface area contributed by atoms with Crippen LogP contribution in [0.3, 0.4) is 0 Å². The fourth-order valence-corrected chi connectivity index (χ4v) is 3.36. The Kier molecular flexibility index (Phi) is 3.53. The van der Waals surface area contributed by atoms with Gasteiger partial charge in [0.2, 0.25) is 0 Å². The number of hydrazine groups is 1. The summed E-state index contributed by atoms with van der Waals surface area (Å²) in [5, 5.41) is 8.00. The molecule has 7 heteroatoms. The average molecular weight is 386 g/mol. The van der Waals surface area contributed by atoms with Crippen LogP contribution in [0.2, 0.25) is 0 Å². The fourth-order valence-electron chi connectivity index (χ4n) is 3.07. The highest BCUT2D eigenvalue weighted by atomic mass is 79.9. The number of nitrogens with zero attached hydrogens (tertiary/aromatic N) is 5. The second-order valence-electron chi connectivity index (χ2n) is 5.94. The van der Waals surface area contributed by atoms with Crippen LogP contribution in [0.5, 0.6) is 0 Å². The Balaban J connectivity index is 1.67. The number of hydrogen-bond acceptors (Lipinski definition) is 4. The highest BCUT2D eigenvalue weighted by molar-refractivity contribution is 9.10. The Morgan fingerprint density at radius 1 is 1.29 bits per heavy atom. The Hall–Kier alpha value is -2.41. The zero-order valence-electron chi connectivity index (χ0n) is 13.4. The number of aromatic nitrogens is 3. The lowest BCUT2D eigenvalue weighted by molar-refractivity contribution is 0.0732. The summed E-state index contributed by atoms with van der Waals surface area (Å²) in [5.74, 6) is -0.120. The average Bonchev–Trinajstić information content (AvgIpc) is 2.97. The molecule has 24 heavy (non-hydrogen) atoms. The van der Waals surface area contributed by atoms with Gasteiger partial charge >= 0.3 is 0 Å². The van der Waals surface area contributed by atoms with E-state index in [-0.39, 0.29) is 5.91 Å². The van der Waals surface area contributed by atoms with Crippen molar-refractivity contribution in [1.82, 2.24) is 19.6 Å². The van der Waals surface area contributed by atoms with Gasteiger partial charge in [-0.1, -0.05) is 17.7 Å². The lowest BCUT2D eigenvalue weighted by atomic mass is 10.0. The number of anilines is 1. The van der Waals surface area contributed by atoms with Crippen LogP contribution in [0.15, 0.2) is 41.1 Å². The maximum absolute atomic E-state index is 12.9. The van der Waals surface area contributed by atoms with Gasteiger partial charge in [-0.15, -0.1) is 0 Å². The Morgan fingerprint density at radius 2 is 2.12 bits per heavy atom. The molecular weight excluding hydrogens is 370 g/mol. The van der Waals surface area contributed by atoms with E-state index < -0.39 is 0 Å². The van der Waals surface area contributed by atoms with Crippen molar-refractivity contribution < 1.29 is 4.79 Å². The summed E-state index contributed by atoms with van der Waals surface area (Å²) in [7, 11) is 1.91. The topological polar surface area (TPSA) is 53.7 Å². The molecule has 0 spiro atoms. The number of amides is 1. The van der Waals surface area contributed by atoms with Gasteiger partial charge < -0.3 is 0 Å². The van der Waals surface area contributed by atoms with E-state index in [9.17, 15) is 4.79 Å². The summed E-state index contributed by atoms with van der Waals surface area (Å²) in [4.78, 5) is 17.2. The summed E-state index contributed by atoms with van der Waals surface area (Å²) in [6.07, 6.45) is 4.32. The molecule has 1 aliphatic rings. The van der Waals surface area contributed by atoms with Crippen molar-refractivity contribution in [2.75, 3.05) is 18.6 Å². The van der Waals surface area contributed by atoms with Gasteiger partial charge in [-0.05, 0) is 40.9 Å². The van der Waals surface area contributed by atoms with Crippen molar-refractivity contribution in [1.29, 1.82) is 0 Å². The van der Waals surface area contributed by atoms with Crippen molar-refractivity contribution in [2.24, 2.45) is 0 Å². The van der Waals surface area contributed by atoms with Gasteiger partial charge in [-0.2, -0.15) is 5.10 Å². The quantitative estimate of drug-likeness (QED) is 0.646. The van der Waals surface area contributed by atoms with Crippen molar-refractivity contribution in [2.45, 2.75) is 13.3 Å². The zero-order valence-corrected chi connectivity index (χ0v) is 15.0. The molecule has 1 aliphatic heterocycles. The molecule has 0 N–H and O–H groups in total. The number of carbonyl (C=O) groups is 1. The number of rotatable bonds is 1. The minimum Gasteiger partial charge on any atom is -0.285 e. The third-order valence-corrected chi connectivity index (χ3v) is 4.68. The molecule has 0 radical (unpaired) electrons. The molecule has 6 nitrogen and oxygen atoms in total. The predicted molar refractivity (Wildman–Crippen MR) is 95.0 cm³/mol. The number of hydrogen-bond donors (Lipinski definition) is 0. The number of carbonyl (C=O) groups excluding carboxylic acids is 1. The van der Waals surface area contributed by atoms with E-state index >= 15 is 0 Å². The molecule has 3 heterocycles. The molecule has 0 unspecified atom stereocenters. The zero-order chi connectivity index (χ0) is 16.8. The molecule has 1 amide bonds. The Morgan fingerprint density at radius 3 is 2.96 bits per heavy atom. The summed E-state index contributed by atoms with van der Waals surface area (Å²) >= 11 is 3.36. The largest absolute Gasteiger partial charge is 0.292 e. The molecule has 1 aromatic carbocycles. The van der Waals surface area contributed by atoms with E-state index in [1.165, 1.54) is 11.1 Å². The molecule has 2 aromatic heterocycles. The molecule has 0 aliphatic carbocycles.